The van der Waals surface area contributed by atoms with E-state index in [2.05, 4.69) is 19.0 Å². The first-order valence-corrected chi connectivity index (χ1v) is 11.1. The highest BCUT2D eigenvalue weighted by molar-refractivity contribution is 8.01. The van der Waals surface area contributed by atoms with Gasteiger partial charge in [0.05, 0.1) is 28.0 Å². The number of nitrogens with zero attached hydrogens (tertiary/aromatic N) is 4. The predicted octanol–water partition coefficient (Wildman–Crippen LogP) is 3.50. The zero-order chi connectivity index (χ0) is 19.5. The van der Waals surface area contributed by atoms with E-state index < -0.39 is 15.9 Å². The summed E-state index contributed by atoms with van der Waals surface area (Å²) in [6, 6.07) is 7.98. The molecule has 2 aromatic heterocycles. The van der Waals surface area contributed by atoms with Gasteiger partial charge in [0.25, 0.3) is 15.9 Å². The highest BCUT2D eigenvalue weighted by Gasteiger charge is 2.32. The molecule has 4 aromatic rings. The number of anilines is 1. The SMILES string of the molecule is O=C(Nc1cccc2nsnc12)c1cc2c(cc1Cl)Sc1nccn1S2(=O)=O. The Kier molecular flexibility index (Phi) is 3.95. The van der Waals surface area contributed by atoms with Gasteiger partial charge in [0.2, 0.25) is 0 Å². The van der Waals surface area contributed by atoms with Crippen LogP contribution in [0.25, 0.3) is 11.0 Å². The summed E-state index contributed by atoms with van der Waals surface area (Å²) in [5, 5.41) is 3.20. The molecule has 1 amide bonds. The van der Waals surface area contributed by atoms with Crippen molar-refractivity contribution in [2.75, 3.05) is 5.32 Å². The van der Waals surface area contributed by atoms with E-state index in [1.807, 2.05) is 0 Å². The maximum absolute atomic E-state index is 12.9. The molecule has 0 saturated heterocycles. The number of hydrogen-bond acceptors (Lipinski definition) is 8. The van der Waals surface area contributed by atoms with Gasteiger partial charge in [-0.2, -0.15) is 8.75 Å². The minimum Gasteiger partial charge on any atom is -0.320 e. The number of hydrogen-bond donors (Lipinski definition) is 1. The number of carbonyl (C=O) groups is 1. The zero-order valence-electron chi connectivity index (χ0n) is 13.7. The summed E-state index contributed by atoms with van der Waals surface area (Å²) in [5.41, 5.74) is 1.74. The minimum atomic E-state index is -3.86. The Bertz CT molecular complexity index is 1380. The van der Waals surface area contributed by atoms with Gasteiger partial charge in [-0.25, -0.2) is 17.4 Å². The molecule has 1 aliphatic rings. The topological polar surface area (TPSA) is 107 Å². The lowest BCUT2D eigenvalue weighted by Crippen LogP contribution is -2.20. The molecule has 0 atom stereocenters. The molecule has 8 nitrogen and oxygen atoms in total. The smallest absolute Gasteiger partial charge is 0.270 e. The Morgan fingerprint density at radius 2 is 2.07 bits per heavy atom. The highest BCUT2D eigenvalue weighted by atomic mass is 35.5. The maximum Gasteiger partial charge on any atom is 0.270 e. The van der Waals surface area contributed by atoms with Gasteiger partial charge in [0.15, 0.2) is 5.16 Å². The number of amides is 1. The molecule has 0 saturated carbocycles. The van der Waals surface area contributed by atoms with Crippen LogP contribution in [-0.2, 0) is 10.0 Å². The lowest BCUT2D eigenvalue weighted by molar-refractivity contribution is 0.102. The van der Waals surface area contributed by atoms with E-state index in [-0.39, 0.29) is 15.5 Å². The summed E-state index contributed by atoms with van der Waals surface area (Å²) in [7, 11) is -3.86. The second-order valence-corrected chi connectivity index (χ2v) is 9.51. The maximum atomic E-state index is 12.9. The Morgan fingerprint density at radius 1 is 1.21 bits per heavy atom. The summed E-state index contributed by atoms with van der Waals surface area (Å²) in [4.78, 5) is 17.3. The van der Waals surface area contributed by atoms with Crippen molar-refractivity contribution >= 4 is 67.7 Å². The molecular weight excluding hydrogens is 442 g/mol. The molecule has 3 heterocycles. The van der Waals surface area contributed by atoms with Crippen molar-refractivity contribution < 1.29 is 13.2 Å². The van der Waals surface area contributed by atoms with Crippen LogP contribution in [0.4, 0.5) is 5.69 Å². The number of rotatable bonds is 2. The molecule has 0 aliphatic carbocycles. The monoisotopic (exact) mass is 449 g/mol. The van der Waals surface area contributed by atoms with Gasteiger partial charge in [-0.1, -0.05) is 17.7 Å². The van der Waals surface area contributed by atoms with Crippen molar-refractivity contribution in [1.29, 1.82) is 0 Å². The van der Waals surface area contributed by atoms with Crippen LogP contribution in [0.15, 0.2) is 57.7 Å². The average molecular weight is 450 g/mol. The Balaban J connectivity index is 1.58. The number of carbonyl (C=O) groups excluding carboxylic acids is 1. The summed E-state index contributed by atoms with van der Waals surface area (Å²) < 4.78 is 35.1. The quantitative estimate of drug-likeness (QED) is 0.439. The first-order valence-electron chi connectivity index (χ1n) is 7.78. The molecule has 0 bridgehead atoms. The first-order chi connectivity index (χ1) is 13.4. The molecule has 2 aromatic carbocycles. The molecule has 1 aliphatic heterocycles. The van der Waals surface area contributed by atoms with Gasteiger partial charge in [0, 0.05) is 17.3 Å². The third-order valence-corrected chi connectivity index (χ3v) is 7.97. The van der Waals surface area contributed by atoms with Gasteiger partial charge < -0.3 is 5.32 Å². The number of benzene rings is 2. The first kappa shape index (κ1) is 17.6. The van der Waals surface area contributed by atoms with E-state index in [0.29, 0.717) is 26.8 Å². The Hall–Kier alpha value is -2.47. The van der Waals surface area contributed by atoms with Crippen molar-refractivity contribution in [2.24, 2.45) is 0 Å². The van der Waals surface area contributed by atoms with Crippen molar-refractivity contribution in [3.8, 4) is 0 Å². The fourth-order valence-electron chi connectivity index (χ4n) is 2.82. The van der Waals surface area contributed by atoms with Crippen molar-refractivity contribution in [1.82, 2.24) is 17.7 Å². The van der Waals surface area contributed by atoms with Crippen LogP contribution in [0.3, 0.4) is 0 Å². The Morgan fingerprint density at radius 3 is 2.93 bits per heavy atom. The van der Waals surface area contributed by atoms with E-state index >= 15 is 0 Å². The third-order valence-electron chi connectivity index (χ3n) is 4.13. The number of nitrogens with one attached hydrogen (secondary N) is 1. The molecule has 140 valence electrons. The van der Waals surface area contributed by atoms with Crippen molar-refractivity contribution in [3.05, 3.63) is 53.3 Å². The molecule has 12 heteroatoms. The minimum absolute atomic E-state index is 0.00563. The molecular formula is C16H8ClN5O3S3. The summed E-state index contributed by atoms with van der Waals surface area (Å²) in [5.74, 6) is -0.537. The average Bonchev–Trinajstić information content (AvgIpc) is 3.31. The van der Waals surface area contributed by atoms with Gasteiger partial charge >= 0.3 is 0 Å². The summed E-state index contributed by atoms with van der Waals surface area (Å²) in [6.45, 7) is 0. The molecule has 0 fully saturated rings. The van der Waals surface area contributed by atoms with E-state index in [0.717, 1.165) is 15.7 Å². The number of fused-ring (bicyclic) bond motifs is 3. The van der Waals surface area contributed by atoms with Crippen LogP contribution in [0.5, 0.6) is 0 Å². The van der Waals surface area contributed by atoms with Crippen molar-refractivity contribution in [3.63, 3.8) is 0 Å². The molecule has 28 heavy (non-hydrogen) atoms. The Labute approximate surface area is 171 Å². The van der Waals surface area contributed by atoms with E-state index in [1.165, 1.54) is 36.3 Å². The normalized spacial score (nSPS) is 14.5. The fourth-order valence-corrected chi connectivity index (χ4v) is 6.59. The van der Waals surface area contributed by atoms with Gasteiger partial charge in [-0.15, -0.1) is 0 Å². The van der Waals surface area contributed by atoms with Crippen LogP contribution in [0.1, 0.15) is 10.4 Å². The van der Waals surface area contributed by atoms with Crippen LogP contribution >= 0.6 is 35.1 Å². The lowest BCUT2D eigenvalue weighted by atomic mass is 10.2. The van der Waals surface area contributed by atoms with E-state index in [9.17, 15) is 13.2 Å². The van der Waals surface area contributed by atoms with Gasteiger partial charge in [-0.3, -0.25) is 4.79 Å². The van der Waals surface area contributed by atoms with Crippen molar-refractivity contribution in [2.45, 2.75) is 14.9 Å². The molecule has 5 rings (SSSR count). The van der Waals surface area contributed by atoms with Gasteiger partial charge in [-0.05, 0) is 36.0 Å². The molecule has 0 unspecified atom stereocenters. The second-order valence-electron chi connectivity index (χ2n) is 5.78. The van der Waals surface area contributed by atoms with Crippen LogP contribution in [0, 0.1) is 0 Å². The van der Waals surface area contributed by atoms with Crippen LogP contribution in [-0.4, -0.2) is 32.0 Å². The zero-order valence-corrected chi connectivity index (χ0v) is 16.9. The summed E-state index contributed by atoms with van der Waals surface area (Å²) in [6.07, 6.45) is 2.77. The summed E-state index contributed by atoms with van der Waals surface area (Å²) >= 11 is 8.50. The standard InChI is InChI=1S/C16H8ClN5O3S3/c17-9-7-12-13(28(24,25)22-5-4-18-16(22)26-12)6-8(9)15(23)19-10-2-1-3-11-14(10)21-27-20-11/h1-7H,(H,19,23). The lowest BCUT2D eigenvalue weighted by Gasteiger charge is -2.19. The van der Waals surface area contributed by atoms with Crippen LogP contribution in [0.2, 0.25) is 5.02 Å². The molecule has 1 N–H and O–H groups in total. The molecule has 0 spiro atoms. The third kappa shape index (κ3) is 2.62. The number of aromatic nitrogens is 4. The van der Waals surface area contributed by atoms with E-state index in [4.69, 9.17) is 11.6 Å². The second kappa shape index (κ2) is 6.27. The number of halogens is 1. The number of imidazole rings is 1. The highest BCUT2D eigenvalue weighted by Crippen LogP contribution is 2.41. The van der Waals surface area contributed by atoms with E-state index in [1.54, 1.807) is 18.2 Å². The van der Waals surface area contributed by atoms with Gasteiger partial charge in [0.1, 0.15) is 15.9 Å². The fraction of sp³-hybridized carbons (Fsp3) is 0. The predicted molar refractivity (Wildman–Crippen MR) is 106 cm³/mol. The molecule has 0 radical (unpaired) electrons. The largest absolute Gasteiger partial charge is 0.320 e. The van der Waals surface area contributed by atoms with Crippen LogP contribution < -0.4 is 5.32 Å².